The third-order valence-electron chi connectivity index (χ3n) is 2.60. The van der Waals surface area contributed by atoms with E-state index in [1.54, 1.807) is 19.1 Å². The first-order valence-electron chi connectivity index (χ1n) is 6.53. The van der Waals surface area contributed by atoms with E-state index in [0.717, 1.165) is 0 Å². The van der Waals surface area contributed by atoms with Crippen LogP contribution < -0.4 is 10.1 Å². The third kappa shape index (κ3) is 4.86. The Morgan fingerprint density at radius 1 is 1.24 bits per heavy atom. The van der Waals surface area contributed by atoms with Crippen LogP contribution in [-0.4, -0.2) is 38.4 Å². The van der Waals surface area contributed by atoms with Crippen molar-refractivity contribution in [1.29, 1.82) is 0 Å². The van der Waals surface area contributed by atoms with E-state index in [1.165, 1.54) is 26.2 Å². The largest absolute Gasteiger partial charge is 0.497 e. The molecule has 7 heteroatoms. The van der Waals surface area contributed by atoms with E-state index in [2.05, 4.69) is 14.8 Å². The lowest BCUT2D eigenvalue weighted by Gasteiger charge is -2.26. The first-order chi connectivity index (χ1) is 9.94. The second-order valence-corrected chi connectivity index (χ2v) is 4.05. The van der Waals surface area contributed by atoms with Gasteiger partial charge in [0.2, 0.25) is 6.04 Å². The number of rotatable bonds is 8. The van der Waals surface area contributed by atoms with Crippen LogP contribution in [0.1, 0.15) is 13.8 Å². The quantitative estimate of drug-likeness (QED) is 0.748. The Morgan fingerprint density at radius 3 is 2.33 bits per heavy atom. The van der Waals surface area contributed by atoms with Gasteiger partial charge < -0.3 is 19.5 Å². The molecule has 0 amide bonds. The van der Waals surface area contributed by atoms with Crippen molar-refractivity contribution in [1.82, 2.24) is 0 Å². The molecule has 1 N–H and O–H groups in total. The summed E-state index contributed by atoms with van der Waals surface area (Å²) >= 11 is 0. The second-order valence-electron chi connectivity index (χ2n) is 4.05. The Bertz CT molecular complexity index is 451. The minimum absolute atomic E-state index is 0.00182. The van der Waals surface area contributed by atoms with Crippen LogP contribution >= 0.6 is 0 Å². The maximum Gasteiger partial charge on any atom is 0.386 e. The third-order valence-corrected chi connectivity index (χ3v) is 2.60. The van der Waals surface area contributed by atoms with Gasteiger partial charge in [0.1, 0.15) is 5.75 Å². The van der Waals surface area contributed by atoms with Crippen molar-refractivity contribution in [3.63, 3.8) is 0 Å². The molecular formula is C14H19F2NO4. The number of nitrogens with one attached hydrogen (secondary N) is 1. The number of hydrogen-bond donors (Lipinski definition) is 1. The lowest BCUT2D eigenvalue weighted by molar-refractivity contribution is -0.246. The maximum atomic E-state index is 13.9. The minimum Gasteiger partial charge on any atom is -0.497 e. The fourth-order valence-electron chi connectivity index (χ4n) is 1.64. The van der Waals surface area contributed by atoms with Crippen molar-refractivity contribution in [2.75, 3.05) is 25.6 Å². The molecule has 0 unspecified atom stereocenters. The molecule has 0 spiro atoms. The summed E-state index contributed by atoms with van der Waals surface area (Å²) in [7, 11) is 1.49. The average molecular weight is 303 g/mol. The Labute approximate surface area is 122 Å². The number of anilines is 1. The molecule has 0 bridgehead atoms. The van der Waals surface area contributed by atoms with Crippen molar-refractivity contribution in [3.05, 3.63) is 24.3 Å². The van der Waals surface area contributed by atoms with Gasteiger partial charge in [-0.3, -0.25) is 0 Å². The summed E-state index contributed by atoms with van der Waals surface area (Å²) in [5, 5.41) is 2.43. The van der Waals surface area contributed by atoms with Gasteiger partial charge in [-0.25, -0.2) is 4.79 Å². The van der Waals surface area contributed by atoms with Crippen LogP contribution in [0, 0.1) is 0 Å². The number of hydrogen-bond acceptors (Lipinski definition) is 5. The van der Waals surface area contributed by atoms with Gasteiger partial charge in [-0.05, 0) is 38.1 Å². The first-order valence-corrected chi connectivity index (χ1v) is 6.53. The molecule has 0 heterocycles. The van der Waals surface area contributed by atoms with Gasteiger partial charge >= 0.3 is 12.1 Å². The minimum atomic E-state index is -3.68. The van der Waals surface area contributed by atoms with Crippen LogP contribution in [-0.2, 0) is 14.3 Å². The molecule has 0 aromatic heterocycles. The van der Waals surface area contributed by atoms with Gasteiger partial charge in [0.05, 0.1) is 20.3 Å². The van der Waals surface area contributed by atoms with Gasteiger partial charge in [0.15, 0.2) is 0 Å². The van der Waals surface area contributed by atoms with Crippen LogP contribution in [0.3, 0.4) is 0 Å². The number of methoxy groups -OCH3 is 1. The molecule has 1 aromatic carbocycles. The van der Waals surface area contributed by atoms with Crippen molar-refractivity contribution < 1.29 is 27.8 Å². The zero-order valence-electron chi connectivity index (χ0n) is 12.2. The highest BCUT2D eigenvalue weighted by atomic mass is 19.3. The Hall–Kier alpha value is -1.89. The molecule has 0 aliphatic heterocycles. The summed E-state index contributed by atoms with van der Waals surface area (Å²) in [4.78, 5) is 11.7. The molecule has 21 heavy (non-hydrogen) atoms. The first kappa shape index (κ1) is 17.2. The predicted molar refractivity (Wildman–Crippen MR) is 73.6 cm³/mol. The molecule has 0 saturated carbocycles. The van der Waals surface area contributed by atoms with Crippen LogP contribution in [0.5, 0.6) is 5.75 Å². The summed E-state index contributed by atoms with van der Waals surface area (Å²) in [6.07, 6.45) is -3.68. The van der Waals surface area contributed by atoms with E-state index in [-0.39, 0.29) is 13.2 Å². The van der Waals surface area contributed by atoms with Crippen molar-refractivity contribution in [3.8, 4) is 5.75 Å². The van der Waals surface area contributed by atoms with E-state index in [1.807, 2.05) is 0 Å². The lowest BCUT2D eigenvalue weighted by atomic mass is 10.2. The van der Waals surface area contributed by atoms with Gasteiger partial charge in [-0.1, -0.05) is 0 Å². The summed E-state index contributed by atoms with van der Waals surface area (Å²) in [5.74, 6) is -0.503. The zero-order valence-corrected chi connectivity index (χ0v) is 12.2. The van der Waals surface area contributed by atoms with E-state index in [4.69, 9.17) is 4.74 Å². The summed E-state index contributed by atoms with van der Waals surface area (Å²) in [6.45, 7) is 2.74. The highest BCUT2D eigenvalue weighted by Gasteiger charge is 2.47. The van der Waals surface area contributed by atoms with Crippen molar-refractivity contribution in [2.45, 2.75) is 26.0 Å². The standard InChI is InChI=1S/C14H19F2NO4/c1-4-20-13(18)12(14(15,16)21-5-2)17-10-6-8-11(19-3)9-7-10/h6-9,12,17H,4-5H2,1-3H3/t12-/m1/s1. The number of benzene rings is 1. The monoisotopic (exact) mass is 303 g/mol. The summed E-state index contributed by atoms with van der Waals surface area (Å²) in [5.41, 5.74) is 0.327. The number of alkyl halides is 2. The maximum absolute atomic E-state index is 13.9. The highest BCUT2D eigenvalue weighted by Crippen LogP contribution is 2.26. The van der Waals surface area contributed by atoms with E-state index in [9.17, 15) is 13.6 Å². The summed E-state index contributed by atoms with van der Waals surface area (Å²) < 4.78 is 41.8. The van der Waals surface area contributed by atoms with Gasteiger partial charge in [-0.2, -0.15) is 8.78 Å². The normalized spacial score (nSPS) is 12.6. The number of carbonyl (C=O) groups is 1. The van der Waals surface area contributed by atoms with E-state index >= 15 is 0 Å². The molecule has 5 nitrogen and oxygen atoms in total. The lowest BCUT2D eigenvalue weighted by Crippen LogP contribution is -2.48. The molecule has 1 atom stereocenters. The smallest absolute Gasteiger partial charge is 0.386 e. The fourth-order valence-corrected chi connectivity index (χ4v) is 1.64. The van der Waals surface area contributed by atoms with Crippen LogP contribution in [0.25, 0.3) is 0 Å². The molecule has 118 valence electrons. The van der Waals surface area contributed by atoms with Crippen LogP contribution in [0.2, 0.25) is 0 Å². The van der Waals surface area contributed by atoms with Gasteiger partial charge in [0, 0.05) is 5.69 Å². The Balaban J connectivity index is 2.92. The number of carbonyl (C=O) groups excluding carboxylic acids is 1. The highest BCUT2D eigenvalue weighted by molar-refractivity contribution is 5.80. The molecular weight excluding hydrogens is 284 g/mol. The van der Waals surface area contributed by atoms with E-state index < -0.39 is 18.1 Å². The topological polar surface area (TPSA) is 56.8 Å². The zero-order chi connectivity index (χ0) is 15.9. The van der Waals surface area contributed by atoms with Crippen LogP contribution in [0.4, 0.5) is 14.5 Å². The molecule has 0 aliphatic carbocycles. The van der Waals surface area contributed by atoms with Gasteiger partial charge in [0.25, 0.3) is 0 Å². The number of ether oxygens (including phenoxy) is 3. The van der Waals surface area contributed by atoms with Crippen molar-refractivity contribution in [2.24, 2.45) is 0 Å². The molecule has 0 aliphatic rings. The van der Waals surface area contributed by atoms with Crippen LogP contribution in [0.15, 0.2) is 24.3 Å². The summed E-state index contributed by atoms with van der Waals surface area (Å²) in [6, 6.07) is 4.29. The fraction of sp³-hybridized carbons (Fsp3) is 0.500. The molecule has 0 radical (unpaired) electrons. The Morgan fingerprint density at radius 2 is 1.86 bits per heavy atom. The number of esters is 1. The van der Waals surface area contributed by atoms with Gasteiger partial charge in [-0.15, -0.1) is 0 Å². The van der Waals surface area contributed by atoms with E-state index in [0.29, 0.717) is 11.4 Å². The average Bonchev–Trinajstić information content (AvgIpc) is 2.45. The molecule has 1 aromatic rings. The Kier molecular flexibility index (Phi) is 6.36. The number of halogens is 2. The molecule has 0 fully saturated rings. The predicted octanol–water partition coefficient (Wildman–Crippen LogP) is 2.67. The SMILES string of the molecule is CCOC(=O)[C@@H](Nc1ccc(OC)cc1)C(F)(F)OCC. The molecule has 0 saturated heterocycles. The molecule has 1 rings (SSSR count). The van der Waals surface area contributed by atoms with Crippen molar-refractivity contribution >= 4 is 11.7 Å². The second kappa shape index (κ2) is 7.78.